The van der Waals surface area contributed by atoms with Gasteiger partial charge in [-0.2, -0.15) is 0 Å². The summed E-state index contributed by atoms with van der Waals surface area (Å²) < 4.78 is 12.2. The van der Waals surface area contributed by atoms with E-state index >= 15 is 0 Å². The second-order valence-electron chi connectivity index (χ2n) is 7.31. The average molecular weight is 371 g/mol. The lowest BCUT2D eigenvalue weighted by Gasteiger charge is -2.36. The maximum atomic E-state index is 12.9. The molecule has 0 radical (unpaired) electrons. The largest absolute Gasteiger partial charge is 0.493 e. The highest BCUT2D eigenvalue weighted by Gasteiger charge is 2.34. The molecule has 0 saturated carbocycles. The van der Waals surface area contributed by atoms with Gasteiger partial charge in [-0.15, -0.1) is 0 Å². The highest BCUT2D eigenvalue weighted by atomic mass is 16.5. The molecular weight excluding hydrogens is 346 g/mol. The van der Waals surface area contributed by atoms with Gasteiger partial charge < -0.3 is 24.3 Å². The second-order valence-corrected chi connectivity index (χ2v) is 7.31. The molecule has 1 N–H and O–H groups in total. The van der Waals surface area contributed by atoms with Crippen LogP contribution in [0, 0.1) is 5.92 Å². The van der Waals surface area contributed by atoms with Crippen LogP contribution in [0.2, 0.25) is 0 Å². The van der Waals surface area contributed by atoms with Gasteiger partial charge in [0.05, 0.1) is 19.6 Å². The molecule has 0 unspecified atom stereocenters. The quantitative estimate of drug-likeness (QED) is 0.875. The summed E-state index contributed by atoms with van der Waals surface area (Å²) in [5.74, 6) is 1.63. The van der Waals surface area contributed by atoms with Crippen LogP contribution in [0.25, 0.3) is 10.8 Å². The highest BCUT2D eigenvalue weighted by Crippen LogP contribution is 2.33. The summed E-state index contributed by atoms with van der Waals surface area (Å²) in [6.45, 7) is 2.65. The predicted octanol–water partition coefficient (Wildman–Crippen LogP) is 1.23. The van der Waals surface area contributed by atoms with Gasteiger partial charge in [0, 0.05) is 30.7 Å². The normalized spacial score (nSPS) is 21.9. The third-order valence-corrected chi connectivity index (χ3v) is 5.74. The van der Waals surface area contributed by atoms with Crippen LogP contribution >= 0.6 is 0 Å². The van der Waals surface area contributed by atoms with Crippen LogP contribution in [-0.4, -0.2) is 55.3 Å². The van der Waals surface area contributed by atoms with Gasteiger partial charge in [-0.05, 0) is 43.5 Å². The van der Waals surface area contributed by atoms with Crippen molar-refractivity contribution in [2.75, 3.05) is 33.9 Å². The van der Waals surface area contributed by atoms with Crippen molar-refractivity contribution in [1.82, 2.24) is 14.8 Å². The van der Waals surface area contributed by atoms with Gasteiger partial charge in [0.15, 0.2) is 11.5 Å². The molecule has 1 aromatic carbocycles. The Morgan fingerprint density at radius 2 is 2.00 bits per heavy atom. The number of ether oxygens (including phenoxy) is 2. The number of rotatable bonds is 4. The number of nitrogens with zero attached hydrogens (tertiary/aromatic N) is 2. The number of piperidine rings is 1. The van der Waals surface area contributed by atoms with Gasteiger partial charge in [0.2, 0.25) is 5.91 Å². The molecule has 2 aromatic rings. The van der Waals surface area contributed by atoms with Gasteiger partial charge in [-0.1, -0.05) is 0 Å². The fourth-order valence-electron chi connectivity index (χ4n) is 4.29. The van der Waals surface area contributed by atoms with Gasteiger partial charge >= 0.3 is 0 Å². The summed E-state index contributed by atoms with van der Waals surface area (Å²) in [5, 5.41) is 4.63. The zero-order chi connectivity index (χ0) is 19.0. The number of hydrogen-bond donors (Lipinski definition) is 1. The molecule has 1 amide bonds. The number of methoxy groups -OCH3 is 2. The summed E-state index contributed by atoms with van der Waals surface area (Å²) in [6, 6.07) is 5.48. The van der Waals surface area contributed by atoms with E-state index in [2.05, 4.69) is 5.32 Å². The Kier molecular flexibility index (Phi) is 4.78. The number of amides is 1. The Bertz CT molecular complexity index is 919. The summed E-state index contributed by atoms with van der Waals surface area (Å²) >= 11 is 0. The first-order valence-electron chi connectivity index (χ1n) is 9.36. The average Bonchev–Trinajstić information content (AvgIpc) is 3.05. The minimum absolute atomic E-state index is 0.00956. The molecule has 3 saturated heterocycles. The molecule has 1 aromatic heterocycles. The molecule has 0 spiro atoms. The van der Waals surface area contributed by atoms with Gasteiger partial charge in [-0.3, -0.25) is 9.59 Å². The maximum Gasteiger partial charge on any atom is 0.259 e. The standard InChI is InChI=1S/C20H25N3O4/c1-26-17-6-5-16-15(19(17)27-2)7-8-22(20(16)25)12-18(24)23-11-13-3-4-14(23)10-21-9-13/h5-8,13-14,21H,3-4,9-12H2,1-2H3/t13-,14+/m1/s1. The van der Waals surface area contributed by atoms with E-state index in [0.29, 0.717) is 28.2 Å². The summed E-state index contributed by atoms with van der Waals surface area (Å²) in [6.07, 6.45) is 3.87. The minimum atomic E-state index is -0.195. The Morgan fingerprint density at radius 1 is 1.15 bits per heavy atom. The van der Waals surface area contributed by atoms with Crippen LogP contribution in [0.4, 0.5) is 0 Å². The number of pyridine rings is 1. The van der Waals surface area contributed by atoms with E-state index in [1.807, 2.05) is 11.0 Å². The highest BCUT2D eigenvalue weighted by molar-refractivity contribution is 5.90. The Morgan fingerprint density at radius 3 is 2.78 bits per heavy atom. The SMILES string of the molecule is COc1ccc2c(=O)n(CC(=O)N3C[C@@H]4CC[C@H]3CNC4)ccc2c1OC. The van der Waals surface area contributed by atoms with E-state index in [-0.39, 0.29) is 24.1 Å². The fourth-order valence-corrected chi connectivity index (χ4v) is 4.29. The van der Waals surface area contributed by atoms with Crippen LogP contribution < -0.4 is 20.3 Å². The molecule has 4 heterocycles. The summed E-state index contributed by atoms with van der Waals surface area (Å²) in [7, 11) is 3.11. The molecule has 3 aliphatic rings. The Labute approximate surface area is 157 Å². The Balaban J connectivity index is 1.63. The number of hydrogen-bond acceptors (Lipinski definition) is 5. The molecular formula is C20H25N3O4. The molecule has 144 valence electrons. The number of nitrogens with one attached hydrogen (secondary N) is 1. The third-order valence-electron chi connectivity index (χ3n) is 5.74. The summed E-state index contributed by atoms with van der Waals surface area (Å²) in [5.41, 5.74) is -0.195. The molecule has 2 bridgehead atoms. The summed E-state index contributed by atoms with van der Waals surface area (Å²) in [4.78, 5) is 27.8. The van der Waals surface area contributed by atoms with E-state index < -0.39 is 0 Å². The predicted molar refractivity (Wildman–Crippen MR) is 102 cm³/mol. The lowest BCUT2D eigenvalue weighted by Crippen LogP contribution is -2.49. The zero-order valence-electron chi connectivity index (χ0n) is 15.7. The molecule has 27 heavy (non-hydrogen) atoms. The van der Waals surface area contributed by atoms with Crippen molar-refractivity contribution in [2.45, 2.75) is 25.4 Å². The first kappa shape index (κ1) is 17.9. The molecule has 0 aliphatic carbocycles. The monoisotopic (exact) mass is 371 g/mol. The van der Waals surface area contributed by atoms with Gasteiger partial charge in [0.1, 0.15) is 6.54 Å². The van der Waals surface area contributed by atoms with E-state index in [0.717, 1.165) is 26.1 Å². The maximum absolute atomic E-state index is 12.9. The van der Waals surface area contributed by atoms with Crippen molar-refractivity contribution in [3.8, 4) is 11.5 Å². The molecule has 5 rings (SSSR count). The van der Waals surface area contributed by atoms with E-state index in [9.17, 15) is 9.59 Å². The number of aromatic nitrogens is 1. The third kappa shape index (κ3) is 3.16. The molecule has 3 fully saturated rings. The van der Waals surface area contributed by atoms with Crippen LogP contribution in [0.15, 0.2) is 29.2 Å². The van der Waals surface area contributed by atoms with Crippen LogP contribution in [0.3, 0.4) is 0 Å². The first-order chi connectivity index (χ1) is 13.1. The van der Waals surface area contributed by atoms with Crippen molar-refractivity contribution in [3.63, 3.8) is 0 Å². The van der Waals surface area contributed by atoms with E-state index in [1.165, 1.54) is 11.0 Å². The van der Waals surface area contributed by atoms with E-state index in [4.69, 9.17) is 9.47 Å². The smallest absolute Gasteiger partial charge is 0.259 e. The topological polar surface area (TPSA) is 72.8 Å². The molecule has 2 atom stereocenters. The zero-order valence-corrected chi connectivity index (χ0v) is 15.7. The minimum Gasteiger partial charge on any atom is -0.493 e. The lowest BCUT2D eigenvalue weighted by atomic mass is 9.95. The number of benzene rings is 1. The van der Waals surface area contributed by atoms with Crippen molar-refractivity contribution >= 4 is 16.7 Å². The van der Waals surface area contributed by atoms with Crippen molar-refractivity contribution in [1.29, 1.82) is 0 Å². The number of fused-ring (bicyclic) bond motifs is 5. The van der Waals surface area contributed by atoms with Crippen LogP contribution in [0.1, 0.15) is 12.8 Å². The van der Waals surface area contributed by atoms with Gasteiger partial charge in [0.25, 0.3) is 5.56 Å². The fraction of sp³-hybridized carbons (Fsp3) is 0.500. The van der Waals surface area contributed by atoms with Crippen LogP contribution in [-0.2, 0) is 11.3 Å². The molecule has 3 aliphatic heterocycles. The lowest BCUT2D eigenvalue weighted by molar-refractivity contribution is -0.135. The molecule has 7 heteroatoms. The van der Waals surface area contributed by atoms with Crippen molar-refractivity contribution in [3.05, 3.63) is 34.7 Å². The van der Waals surface area contributed by atoms with Crippen LogP contribution in [0.5, 0.6) is 11.5 Å². The van der Waals surface area contributed by atoms with Gasteiger partial charge in [-0.25, -0.2) is 0 Å². The second kappa shape index (κ2) is 7.23. The van der Waals surface area contributed by atoms with Crippen molar-refractivity contribution < 1.29 is 14.3 Å². The van der Waals surface area contributed by atoms with Crippen molar-refractivity contribution in [2.24, 2.45) is 5.92 Å². The Hall–Kier alpha value is -2.54. The molecule has 7 nitrogen and oxygen atoms in total. The van der Waals surface area contributed by atoms with E-state index in [1.54, 1.807) is 32.5 Å². The number of carbonyl (C=O) groups excluding carboxylic acids is 1. The number of carbonyl (C=O) groups is 1. The first-order valence-corrected chi connectivity index (χ1v) is 9.36.